The number of hydrogen-bond donors (Lipinski definition) is 3. The summed E-state index contributed by atoms with van der Waals surface area (Å²) in [5, 5.41) is 6.32. The molecular weight excluding hydrogens is 334 g/mol. The van der Waals surface area contributed by atoms with Crippen molar-refractivity contribution in [3.8, 4) is 0 Å². The molecule has 0 amide bonds. The molecule has 0 aliphatic carbocycles. The van der Waals surface area contributed by atoms with E-state index in [4.69, 9.17) is 5.73 Å². The molecule has 0 spiro atoms. The van der Waals surface area contributed by atoms with Crippen molar-refractivity contribution in [2.75, 3.05) is 16.4 Å². The lowest BCUT2D eigenvalue weighted by atomic mass is 10.3. The van der Waals surface area contributed by atoms with Gasteiger partial charge in [0.25, 0.3) is 0 Å². The standard InChI is InChI=1S/C15H14F2N6S/c1-7-8(2)24-15(21-7)23-14-12(18)13(19-6-20-14)22-11-5-9(16)3-4-10(11)17/h3-6H,18H2,1-2H3,(H2,19,20,21,22,23). The highest BCUT2D eigenvalue weighted by atomic mass is 32.1. The number of nitrogens with two attached hydrogens (primary N) is 1. The summed E-state index contributed by atoms with van der Waals surface area (Å²) in [6.45, 7) is 3.86. The number of nitrogens with zero attached hydrogens (tertiary/aromatic N) is 3. The lowest BCUT2D eigenvalue weighted by molar-refractivity contribution is 0.603. The van der Waals surface area contributed by atoms with Crippen LogP contribution in [0.4, 0.5) is 36.9 Å². The lowest BCUT2D eigenvalue weighted by Gasteiger charge is -2.12. The van der Waals surface area contributed by atoms with Gasteiger partial charge in [0.1, 0.15) is 23.6 Å². The first-order valence-electron chi connectivity index (χ1n) is 6.97. The maximum absolute atomic E-state index is 13.7. The minimum absolute atomic E-state index is 0.0627. The van der Waals surface area contributed by atoms with Crippen molar-refractivity contribution in [2.45, 2.75) is 13.8 Å². The number of thiazole rings is 1. The topological polar surface area (TPSA) is 88.8 Å². The Morgan fingerprint density at radius 1 is 1.08 bits per heavy atom. The average molecular weight is 348 g/mol. The van der Waals surface area contributed by atoms with Crippen LogP contribution in [0.1, 0.15) is 10.6 Å². The zero-order valence-corrected chi connectivity index (χ0v) is 13.7. The molecule has 0 saturated heterocycles. The molecule has 0 unspecified atom stereocenters. The first-order valence-corrected chi connectivity index (χ1v) is 7.79. The van der Waals surface area contributed by atoms with Crippen LogP contribution in [-0.2, 0) is 0 Å². The van der Waals surface area contributed by atoms with Crippen LogP contribution < -0.4 is 16.4 Å². The van der Waals surface area contributed by atoms with E-state index in [9.17, 15) is 8.78 Å². The molecule has 124 valence electrons. The molecule has 24 heavy (non-hydrogen) atoms. The number of anilines is 5. The van der Waals surface area contributed by atoms with E-state index in [0.717, 1.165) is 28.8 Å². The maximum atomic E-state index is 13.7. The van der Waals surface area contributed by atoms with Crippen LogP contribution in [0.15, 0.2) is 24.5 Å². The SMILES string of the molecule is Cc1nc(Nc2ncnc(Nc3cc(F)ccc3F)c2N)sc1C. The number of aromatic nitrogens is 3. The van der Waals surface area contributed by atoms with Crippen LogP contribution in [0, 0.1) is 25.5 Å². The van der Waals surface area contributed by atoms with Gasteiger partial charge in [0.05, 0.1) is 11.4 Å². The molecular formula is C15H14F2N6S. The quantitative estimate of drug-likeness (QED) is 0.663. The normalized spacial score (nSPS) is 10.7. The van der Waals surface area contributed by atoms with Gasteiger partial charge in [0, 0.05) is 10.9 Å². The van der Waals surface area contributed by atoms with Crippen LogP contribution >= 0.6 is 11.3 Å². The van der Waals surface area contributed by atoms with Crippen LogP contribution in [0.25, 0.3) is 0 Å². The van der Waals surface area contributed by atoms with Gasteiger partial charge in [-0.2, -0.15) is 0 Å². The zero-order valence-electron chi connectivity index (χ0n) is 12.9. The maximum Gasteiger partial charge on any atom is 0.188 e. The van der Waals surface area contributed by atoms with Crippen molar-refractivity contribution in [3.05, 3.63) is 46.7 Å². The molecule has 0 saturated carbocycles. The van der Waals surface area contributed by atoms with Gasteiger partial charge in [-0.15, -0.1) is 11.3 Å². The highest BCUT2D eigenvalue weighted by molar-refractivity contribution is 7.15. The number of aryl methyl sites for hydroxylation is 2. The lowest BCUT2D eigenvalue weighted by Crippen LogP contribution is -2.06. The summed E-state index contributed by atoms with van der Waals surface area (Å²) in [7, 11) is 0. The molecule has 6 nitrogen and oxygen atoms in total. The van der Waals surface area contributed by atoms with Crippen molar-refractivity contribution >= 4 is 39.5 Å². The van der Waals surface area contributed by atoms with Gasteiger partial charge in [-0.05, 0) is 26.0 Å². The molecule has 0 radical (unpaired) electrons. The molecule has 2 aromatic heterocycles. The number of hydrogen-bond acceptors (Lipinski definition) is 7. The van der Waals surface area contributed by atoms with E-state index < -0.39 is 11.6 Å². The number of halogens is 2. The predicted octanol–water partition coefficient (Wildman–Crippen LogP) is 3.90. The molecule has 0 aliphatic heterocycles. The summed E-state index contributed by atoms with van der Waals surface area (Å²) >= 11 is 1.46. The van der Waals surface area contributed by atoms with Gasteiger partial charge in [-0.1, -0.05) is 0 Å². The smallest absolute Gasteiger partial charge is 0.188 e. The van der Waals surface area contributed by atoms with Crippen molar-refractivity contribution in [2.24, 2.45) is 0 Å². The van der Waals surface area contributed by atoms with Crippen LogP contribution in [-0.4, -0.2) is 15.0 Å². The van der Waals surface area contributed by atoms with E-state index in [1.165, 1.54) is 17.7 Å². The molecule has 3 aromatic rings. The monoisotopic (exact) mass is 348 g/mol. The van der Waals surface area contributed by atoms with Gasteiger partial charge in [0.2, 0.25) is 0 Å². The second kappa shape index (κ2) is 6.36. The third-order valence-corrected chi connectivity index (χ3v) is 4.31. The van der Waals surface area contributed by atoms with E-state index in [1.54, 1.807) is 0 Å². The Labute approximate surface area is 140 Å². The van der Waals surface area contributed by atoms with E-state index in [-0.39, 0.29) is 17.2 Å². The Balaban J connectivity index is 1.89. The van der Waals surface area contributed by atoms with Gasteiger partial charge < -0.3 is 16.4 Å². The second-order valence-corrected chi connectivity index (χ2v) is 6.22. The molecule has 0 atom stereocenters. The molecule has 9 heteroatoms. The van der Waals surface area contributed by atoms with Crippen molar-refractivity contribution < 1.29 is 8.78 Å². The minimum Gasteiger partial charge on any atom is -0.393 e. The third kappa shape index (κ3) is 3.25. The summed E-state index contributed by atoms with van der Waals surface area (Å²) in [5.41, 5.74) is 7.05. The molecule has 4 N–H and O–H groups in total. The number of nitrogen functional groups attached to an aromatic ring is 1. The number of nitrogens with one attached hydrogen (secondary N) is 2. The number of rotatable bonds is 4. The van der Waals surface area contributed by atoms with Gasteiger partial charge in [0.15, 0.2) is 16.8 Å². The second-order valence-electron chi connectivity index (χ2n) is 5.02. The van der Waals surface area contributed by atoms with Gasteiger partial charge >= 0.3 is 0 Å². The molecule has 0 aliphatic rings. The molecule has 0 fully saturated rings. The zero-order chi connectivity index (χ0) is 17.3. The highest BCUT2D eigenvalue weighted by Gasteiger charge is 2.13. The third-order valence-electron chi connectivity index (χ3n) is 3.32. The van der Waals surface area contributed by atoms with Crippen molar-refractivity contribution in [3.63, 3.8) is 0 Å². The van der Waals surface area contributed by atoms with Crippen LogP contribution in [0.2, 0.25) is 0 Å². The van der Waals surface area contributed by atoms with Gasteiger partial charge in [-0.25, -0.2) is 23.7 Å². The molecule has 2 heterocycles. The minimum atomic E-state index is -0.616. The van der Waals surface area contributed by atoms with E-state index >= 15 is 0 Å². The Kier molecular flexibility index (Phi) is 4.26. The number of benzene rings is 1. The first kappa shape index (κ1) is 16.1. The van der Waals surface area contributed by atoms with E-state index in [1.807, 2.05) is 13.8 Å². The van der Waals surface area contributed by atoms with Crippen molar-refractivity contribution in [1.29, 1.82) is 0 Å². The Morgan fingerprint density at radius 2 is 1.79 bits per heavy atom. The van der Waals surface area contributed by atoms with E-state index in [2.05, 4.69) is 25.6 Å². The largest absolute Gasteiger partial charge is 0.393 e. The van der Waals surface area contributed by atoms with E-state index in [0.29, 0.717) is 10.9 Å². The van der Waals surface area contributed by atoms with Crippen LogP contribution in [0.3, 0.4) is 0 Å². The first-order chi connectivity index (χ1) is 11.4. The van der Waals surface area contributed by atoms with Crippen molar-refractivity contribution in [1.82, 2.24) is 15.0 Å². The highest BCUT2D eigenvalue weighted by Crippen LogP contribution is 2.31. The Hall–Kier alpha value is -2.81. The predicted molar refractivity (Wildman–Crippen MR) is 91.0 cm³/mol. The summed E-state index contributed by atoms with van der Waals surface area (Å²) in [4.78, 5) is 13.5. The van der Waals surface area contributed by atoms with Crippen LogP contribution in [0.5, 0.6) is 0 Å². The molecule has 1 aromatic carbocycles. The Bertz CT molecular complexity index is 876. The fourth-order valence-corrected chi connectivity index (χ4v) is 2.76. The molecule has 0 bridgehead atoms. The fraction of sp³-hybridized carbons (Fsp3) is 0.133. The fourth-order valence-electron chi connectivity index (χ4n) is 1.94. The summed E-state index contributed by atoms with van der Waals surface area (Å²) in [6, 6.07) is 3.08. The summed E-state index contributed by atoms with van der Waals surface area (Å²) < 4.78 is 27.0. The summed E-state index contributed by atoms with van der Waals surface area (Å²) in [6.07, 6.45) is 1.27. The average Bonchev–Trinajstić information content (AvgIpc) is 2.85. The van der Waals surface area contributed by atoms with Gasteiger partial charge in [-0.3, -0.25) is 0 Å². The molecule has 3 rings (SSSR count). The summed E-state index contributed by atoms with van der Waals surface area (Å²) in [5.74, 6) is -0.686. The Morgan fingerprint density at radius 3 is 2.46 bits per heavy atom.